The van der Waals surface area contributed by atoms with E-state index in [0.29, 0.717) is 18.3 Å². The fourth-order valence-corrected chi connectivity index (χ4v) is 8.45. The normalized spacial score (nSPS) is 50.9. The lowest BCUT2D eigenvalue weighted by Gasteiger charge is -2.68. The van der Waals surface area contributed by atoms with E-state index in [1.54, 1.807) is 0 Å². The van der Waals surface area contributed by atoms with E-state index in [2.05, 4.69) is 17.9 Å². The van der Waals surface area contributed by atoms with Gasteiger partial charge in [0.25, 0.3) is 0 Å². The Hall–Kier alpha value is -0.910. The minimum Gasteiger partial charge on any atom is -0.481 e. The Morgan fingerprint density at radius 3 is 2.81 bits per heavy atom. The fourth-order valence-electron chi connectivity index (χ4n) is 8.45. The predicted octanol–water partition coefficient (Wildman–Crippen LogP) is 2.42. The van der Waals surface area contributed by atoms with Crippen molar-refractivity contribution in [2.45, 2.75) is 69.9 Å². The number of hydrogen-bond acceptors (Lipinski definition) is 4. The van der Waals surface area contributed by atoms with Crippen molar-refractivity contribution in [3.63, 3.8) is 0 Å². The van der Waals surface area contributed by atoms with E-state index in [1.807, 2.05) is 0 Å². The Bertz CT molecular complexity index is 692. The van der Waals surface area contributed by atoms with Crippen molar-refractivity contribution in [1.82, 2.24) is 4.90 Å². The van der Waals surface area contributed by atoms with Crippen LogP contribution in [0.5, 0.6) is 0 Å². The molecule has 4 fully saturated rings. The summed E-state index contributed by atoms with van der Waals surface area (Å²) in [5.41, 5.74) is -0.0220. The van der Waals surface area contributed by atoms with E-state index in [-0.39, 0.29) is 30.4 Å². The maximum Gasteiger partial charge on any atom is 0.303 e. The lowest BCUT2D eigenvalue weighted by molar-refractivity contribution is -0.220. The van der Waals surface area contributed by atoms with Gasteiger partial charge in [-0.3, -0.25) is 9.69 Å². The van der Waals surface area contributed by atoms with Gasteiger partial charge in [0.1, 0.15) is 0 Å². The number of carboxylic acids is 1. The fraction of sp³-hybridized carbons (Fsp3) is 0.864. The van der Waals surface area contributed by atoms with Crippen LogP contribution in [0, 0.1) is 28.6 Å². The van der Waals surface area contributed by atoms with Gasteiger partial charge in [0.15, 0.2) is 0 Å². The zero-order valence-electron chi connectivity index (χ0n) is 16.4. The van der Waals surface area contributed by atoms with Crippen LogP contribution in [0.4, 0.5) is 0 Å². The average Bonchev–Trinajstić information content (AvgIpc) is 3.19. The summed E-state index contributed by atoms with van der Waals surface area (Å²) in [6.07, 6.45) is 9.08. The van der Waals surface area contributed by atoms with Crippen LogP contribution in [-0.2, 0) is 4.79 Å². The number of carboxylic acid groups (broad SMARTS) is 1. The highest BCUT2D eigenvalue weighted by atomic mass is 16.4. The third kappa shape index (κ3) is 2.03. The zero-order valence-corrected chi connectivity index (χ0v) is 16.4. The van der Waals surface area contributed by atoms with Crippen molar-refractivity contribution < 1.29 is 20.1 Å². The van der Waals surface area contributed by atoms with Crippen LogP contribution >= 0.6 is 0 Å². The first-order chi connectivity index (χ1) is 12.9. The van der Waals surface area contributed by atoms with Gasteiger partial charge < -0.3 is 15.3 Å². The van der Waals surface area contributed by atoms with Gasteiger partial charge in [-0.05, 0) is 62.7 Å². The number of hydrogen-bond donors (Lipinski definition) is 3. The van der Waals surface area contributed by atoms with E-state index in [9.17, 15) is 20.1 Å². The van der Waals surface area contributed by atoms with Crippen LogP contribution in [0.1, 0.15) is 58.3 Å². The molecular formula is C22H33NO4. The smallest absolute Gasteiger partial charge is 0.303 e. The molecule has 2 saturated carbocycles. The lowest BCUT2D eigenvalue weighted by Crippen LogP contribution is -2.73. The third-order valence-electron chi connectivity index (χ3n) is 9.48. The second-order valence-corrected chi connectivity index (χ2v) is 10.1. The molecule has 5 nitrogen and oxygen atoms in total. The molecule has 2 saturated heterocycles. The molecule has 0 spiro atoms. The minimum absolute atomic E-state index is 0.0403. The highest BCUT2D eigenvalue weighted by Crippen LogP contribution is 2.73. The first-order valence-electron chi connectivity index (χ1n) is 10.9. The molecule has 5 rings (SSSR count). The van der Waals surface area contributed by atoms with E-state index in [1.165, 1.54) is 5.57 Å². The van der Waals surface area contributed by atoms with Crippen LogP contribution in [0.25, 0.3) is 0 Å². The molecule has 4 bridgehead atoms. The third-order valence-corrected chi connectivity index (χ3v) is 9.48. The monoisotopic (exact) mass is 375 g/mol. The Labute approximate surface area is 161 Å². The van der Waals surface area contributed by atoms with Gasteiger partial charge >= 0.3 is 5.97 Å². The molecule has 4 unspecified atom stereocenters. The van der Waals surface area contributed by atoms with Crippen molar-refractivity contribution in [1.29, 1.82) is 0 Å². The molecule has 0 aromatic rings. The maximum atomic E-state index is 11.9. The number of rotatable bonds is 4. The minimum atomic E-state index is -0.764. The number of nitrogens with zero attached hydrogens (tertiary/aromatic N) is 1. The number of allylic oxidation sites excluding steroid dienone is 1. The molecule has 0 aromatic carbocycles. The molecule has 3 aliphatic carbocycles. The van der Waals surface area contributed by atoms with Crippen molar-refractivity contribution in [2.75, 3.05) is 19.7 Å². The van der Waals surface area contributed by atoms with Gasteiger partial charge in [0, 0.05) is 43.0 Å². The first-order valence-corrected chi connectivity index (χ1v) is 10.9. The van der Waals surface area contributed by atoms with Gasteiger partial charge in [0.2, 0.25) is 0 Å². The summed E-state index contributed by atoms with van der Waals surface area (Å²) in [6.45, 7) is 4.13. The highest BCUT2D eigenvalue weighted by molar-refractivity contribution is 5.67. The Balaban J connectivity index is 1.76. The van der Waals surface area contributed by atoms with Gasteiger partial charge in [-0.1, -0.05) is 18.6 Å². The molecule has 0 aromatic heterocycles. The number of piperidine rings is 1. The maximum absolute atomic E-state index is 11.9. The summed E-state index contributed by atoms with van der Waals surface area (Å²) in [6, 6.07) is -0.0403. The number of fused-ring (bicyclic) bond motifs is 1. The second-order valence-electron chi connectivity index (χ2n) is 10.1. The van der Waals surface area contributed by atoms with Crippen molar-refractivity contribution in [3.8, 4) is 0 Å². The molecule has 3 N–H and O–H groups in total. The molecule has 2 aliphatic heterocycles. The van der Waals surface area contributed by atoms with Gasteiger partial charge in [-0.25, -0.2) is 0 Å². The second kappa shape index (κ2) is 5.80. The number of aliphatic hydroxyl groups is 2. The zero-order chi connectivity index (χ0) is 19.0. The molecule has 5 heteroatoms. The summed E-state index contributed by atoms with van der Waals surface area (Å²) in [5.74, 6) is 0.336. The molecule has 5 aliphatic rings. The van der Waals surface area contributed by atoms with E-state index < -0.39 is 17.0 Å². The molecule has 0 radical (unpaired) electrons. The summed E-state index contributed by atoms with van der Waals surface area (Å²) in [4.78, 5) is 14.1. The van der Waals surface area contributed by atoms with Crippen LogP contribution in [0.3, 0.4) is 0 Å². The molecular weight excluding hydrogens is 342 g/mol. The van der Waals surface area contributed by atoms with Crippen LogP contribution < -0.4 is 0 Å². The summed E-state index contributed by atoms with van der Waals surface area (Å²) < 4.78 is 0. The number of aliphatic hydroxyl groups excluding tert-OH is 1. The van der Waals surface area contributed by atoms with Gasteiger partial charge in [-0.2, -0.15) is 0 Å². The quantitative estimate of drug-likeness (QED) is 0.658. The molecule has 7 atom stereocenters. The SMILES string of the molecule is C[C@@H]1CN2CC3CC[C@H]4CCC=C4C4(CCC(=O)O)C2[C@]1(O)CCC34CO. The summed E-state index contributed by atoms with van der Waals surface area (Å²) in [5, 5.41) is 32.3. The van der Waals surface area contributed by atoms with Crippen LogP contribution in [0.15, 0.2) is 11.6 Å². The van der Waals surface area contributed by atoms with E-state index >= 15 is 0 Å². The first kappa shape index (κ1) is 18.1. The predicted molar refractivity (Wildman–Crippen MR) is 101 cm³/mol. The topological polar surface area (TPSA) is 81.0 Å². The Morgan fingerprint density at radius 1 is 1.26 bits per heavy atom. The summed E-state index contributed by atoms with van der Waals surface area (Å²) >= 11 is 0. The van der Waals surface area contributed by atoms with Crippen molar-refractivity contribution in [3.05, 3.63) is 11.6 Å². The molecule has 150 valence electrons. The van der Waals surface area contributed by atoms with Crippen molar-refractivity contribution in [2.24, 2.45) is 28.6 Å². The van der Waals surface area contributed by atoms with Gasteiger partial charge in [0.05, 0.1) is 5.60 Å². The number of carbonyl (C=O) groups is 1. The lowest BCUT2D eigenvalue weighted by atomic mass is 9.41. The Kier molecular flexibility index (Phi) is 3.90. The molecule has 2 heterocycles. The number of aliphatic carboxylic acids is 1. The molecule has 27 heavy (non-hydrogen) atoms. The summed E-state index contributed by atoms with van der Waals surface area (Å²) in [7, 11) is 0. The van der Waals surface area contributed by atoms with Crippen molar-refractivity contribution >= 4 is 5.97 Å². The van der Waals surface area contributed by atoms with Crippen LogP contribution in [0.2, 0.25) is 0 Å². The highest BCUT2D eigenvalue weighted by Gasteiger charge is 2.75. The van der Waals surface area contributed by atoms with E-state index in [0.717, 1.165) is 51.6 Å². The average molecular weight is 376 g/mol. The largest absolute Gasteiger partial charge is 0.481 e. The standard InChI is InChI=1S/C22H33NO4/c1-14-11-23-12-16-6-5-15-3-2-4-17(15)21(8-7-18(25)26)19(23)22(14,27)10-9-20(16,21)13-24/h4,14-16,19,24,27H,2-3,5-13H2,1H3,(H,25,26)/t14-,15-,16?,19?,20?,21?,22+/m1/s1. The van der Waals surface area contributed by atoms with Crippen LogP contribution in [-0.4, -0.2) is 57.5 Å². The molecule has 0 amide bonds. The Morgan fingerprint density at radius 2 is 2.07 bits per heavy atom. The van der Waals surface area contributed by atoms with E-state index in [4.69, 9.17) is 0 Å². The van der Waals surface area contributed by atoms with Gasteiger partial charge in [-0.15, -0.1) is 0 Å².